The number of aryl methyl sites for hydroxylation is 1. The summed E-state index contributed by atoms with van der Waals surface area (Å²) in [4.78, 5) is 15.7. The second kappa shape index (κ2) is 7.55. The monoisotopic (exact) mass is 346 g/mol. The van der Waals surface area contributed by atoms with Crippen LogP contribution < -0.4 is 0 Å². The van der Waals surface area contributed by atoms with E-state index < -0.39 is 12.7 Å². The summed E-state index contributed by atoms with van der Waals surface area (Å²) in [5, 5.41) is 4.46. The summed E-state index contributed by atoms with van der Waals surface area (Å²) in [6.07, 6.45) is -3.40. The number of piperazine rings is 1. The molecule has 5 nitrogen and oxygen atoms in total. The van der Waals surface area contributed by atoms with Gasteiger partial charge in [-0.05, 0) is 25.3 Å². The first-order valence-electron chi connectivity index (χ1n) is 8.34. The number of carbonyl (C=O) groups is 1. The number of nitrogens with zero attached hydrogens (tertiary/aromatic N) is 4. The summed E-state index contributed by atoms with van der Waals surface area (Å²) in [5.41, 5.74) is 1.41. The van der Waals surface area contributed by atoms with E-state index >= 15 is 0 Å². The number of alkyl halides is 3. The first kappa shape index (κ1) is 18.8. The van der Waals surface area contributed by atoms with Crippen molar-refractivity contribution in [1.29, 1.82) is 0 Å². The van der Waals surface area contributed by atoms with Gasteiger partial charge in [-0.3, -0.25) is 14.4 Å². The second-order valence-corrected chi connectivity index (χ2v) is 6.62. The van der Waals surface area contributed by atoms with Gasteiger partial charge < -0.3 is 4.90 Å². The largest absolute Gasteiger partial charge is 0.401 e. The van der Waals surface area contributed by atoms with Gasteiger partial charge in [-0.2, -0.15) is 18.3 Å². The van der Waals surface area contributed by atoms with Gasteiger partial charge in [0.05, 0.1) is 12.2 Å². The molecular formula is C16H25F3N4O. The van der Waals surface area contributed by atoms with Crippen molar-refractivity contribution >= 4 is 5.91 Å². The van der Waals surface area contributed by atoms with Gasteiger partial charge >= 0.3 is 6.18 Å². The molecule has 0 spiro atoms. The summed E-state index contributed by atoms with van der Waals surface area (Å²) in [7, 11) is 0. The van der Waals surface area contributed by atoms with Gasteiger partial charge in [0.1, 0.15) is 5.69 Å². The van der Waals surface area contributed by atoms with Crippen molar-refractivity contribution in [2.45, 2.75) is 39.9 Å². The molecule has 0 bridgehead atoms. The van der Waals surface area contributed by atoms with Crippen molar-refractivity contribution in [2.24, 2.45) is 5.92 Å². The molecular weight excluding hydrogens is 321 g/mol. The lowest BCUT2D eigenvalue weighted by Gasteiger charge is -2.34. The molecule has 0 N–H and O–H groups in total. The highest BCUT2D eigenvalue weighted by Gasteiger charge is 2.33. The summed E-state index contributed by atoms with van der Waals surface area (Å²) >= 11 is 0. The molecule has 2 heterocycles. The molecule has 0 radical (unpaired) electrons. The SMILES string of the molecule is CCn1nc(CC(C)C)cc1C(=O)N1CCN(CC(F)(F)F)CC1. The van der Waals surface area contributed by atoms with E-state index in [4.69, 9.17) is 0 Å². The Morgan fingerprint density at radius 1 is 1.25 bits per heavy atom. The fourth-order valence-corrected chi connectivity index (χ4v) is 2.93. The molecule has 2 rings (SSSR count). The van der Waals surface area contributed by atoms with Crippen LogP contribution in [-0.4, -0.2) is 64.4 Å². The van der Waals surface area contributed by atoms with Crippen LogP contribution in [0.25, 0.3) is 0 Å². The predicted molar refractivity (Wildman–Crippen MR) is 84.8 cm³/mol. The van der Waals surface area contributed by atoms with Crippen LogP contribution in [0.4, 0.5) is 13.2 Å². The molecule has 136 valence electrons. The first-order valence-corrected chi connectivity index (χ1v) is 8.34. The number of hydrogen-bond acceptors (Lipinski definition) is 3. The number of rotatable bonds is 5. The zero-order chi connectivity index (χ0) is 17.9. The maximum atomic E-state index is 12.7. The van der Waals surface area contributed by atoms with Gasteiger partial charge in [-0.15, -0.1) is 0 Å². The fourth-order valence-electron chi connectivity index (χ4n) is 2.93. The second-order valence-electron chi connectivity index (χ2n) is 6.62. The summed E-state index contributed by atoms with van der Waals surface area (Å²) < 4.78 is 39.0. The standard InChI is InChI=1S/C16H25F3N4O/c1-4-23-14(10-13(20-23)9-12(2)3)15(24)22-7-5-21(6-8-22)11-16(17,18)19/h10,12H,4-9,11H2,1-3H3. The van der Waals surface area contributed by atoms with E-state index in [1.807, 2.05) is 13.0 Å². The van der Waals surface area contributed by atoms with Crippen LogP contribution in [0, 0.1) is 5.92 Å². The van der Waals surface area contributed by atoms with Crippen molar-refractivity contribution in [1.82, 2.24) is 19.6 Å². The molecule has 24 heavy (non-hydrogen) atoms. The van der Waals surface area contributed by atoms with E-state index in [-0.39, 0.29) is 19.0 Å². The van der Waals surface area contributed by atoms with Gasteiger partial charge in [0, 0.05) is 32.7 Å². The minimum atomic E-state index is -4.20. The van der Waals surface area contributed by atoms with Crippen molar-refractivity contribution < 1.29 is 18.0 Å². The molecule has 1 amide bonds. The van der Waals surface area contributed by atoms with Crippen molar-refractivity contribution in [3.05, 3.63) is 17.5 Å². The highest BCUT2D eigenvalue weighted by molar-refractivity contribution is 5.92. The van der Waals surface area contributed by atoms with E-state index in [1.54, 1.807) is 9.58 Å². The Labute approximate surface area is 140 Å². The van der Waals surface area contributed by atoms with Crippen LogP contribution >= 0.6 is 0 Å². The fraction of sp³-hybridized carbons (Fsp3) is 0.750. The molecule has 0 atom stereocenters. The van der Waals surface area contributed by atoms with Crippen LogP contribution in [0.5, 0.6) is 0 Å². The Hall–Kier alpha value is -1.57. The van der Waals surface area contributed by atoms with Gasteiger partial charge in [-0.25, -0.2) is 0 Å². The number of hydrogen-bond donors (Lipinski definition) is 0. The third-order valence-corrected chi connectivity index (χ3v) is 4.03. The molecule has 1 aromatic rings. The topological polar surface area (TPSA) is 41.4 Å². The predicted octanol–water partition coefficient (Wildman–Crippen LogP) is 2.42. The smallest absolute Gasteiger partial charge is 0.335 e. The van der Waals surface area contributed by atoms with Gasteiger partial charge in [0.2, 0.25) is 0 Å². The van der Waals surface area contributed by atoms with E-state index in [1.165, 1.54) is 4.90 Å². The molecule has 0 saturated carbocycles. The molecule has 0 aromatic carbocycles. The molecule has 0 aliphatic carbocycles. The van der Waals surface area contributed by atoms with Gasteiger partial charge in [0.15, 0.2) is 0 Å². The molecule has 8 heteroatoms. The van der Waals surface area contributed by atoms with Crippen molar-refractivity contribution in [3.63, 3.8) is 0 Å². The average Bonchev–Trinajstić information content (AvgIpc) is 2.87. The molecule has 0 unspecified atom stereocenters. The van der Waals surface area contributed by atoms with E-state index in [2.05, 4.69) is 18.9 Å². The molecule has 1 aliphatic heterocycles. The van der Waals surface area contributed by atoms with Crippen LogP contribution in [0.1, 0.15) is 37.0 Å². The van der Waals surface area contributed by atoms with E-state index in [0.29, 0.717) is 31.2 Å². The first-order chi connectivity index (χ1) is 11.2. The molecule has 1 saturated heterocycles. The van der Waals surface area contributed by atoms with E-state index in [0.717, 1.165) is 12.1 Å². The lowest BCUT2D eigenvalue weighted by molar-refractivity contribution is -0.148. The third kappa shape index (κ3) is 4.96. The Kier molecular flexibility index (Phi) is 5.90. The van der Waals surface area contributed by atoms with Crippen molar-refractivity contribution in [3.8, 4) is 0 Å². The minimum Gasteiger partial charge on any atom is -0.335 e. The molecule has 1 aliphatic rings. The zero-order valence-corrected chi connectivity index (χ0v) is 14.4. The Morgan fingerprint density at radius 2 is 1.88 bits per heavy atom. The molecule has 1 fully saturated rings. The van der Waals surface area contributed by atoms with Gasteiger partial charge in [0.25, 0.3) is 5.91 Å². The number of halogens is 3. The summed E-state index contributed by atoms with van der Waals surface area (Å²) in [6, 6.07) is 1.81. The quantitative estimate of drug-likeness (QED) is 0.822. The van der Waals surface area contributed by atoms with Crippen LogP contribution in [0.2, 0.25) is 0 Å². The maximum absolute atomic E-state index is 12.7. The minimum absolute atomic E-state index is 0.147. The van der Waals surface area contributed by atoms with Crippen LogP contribution in [-0.2, 0) is 13.0 Å². The summed E-state index contributed by atoms with van der Waals surface area (Å²) in [5.74, 6) is 0.296. The van der Waals surface area contributed by atoms with Crippen molar-refractivity contribution in [2.75, 3.05) is 32.7 Å². The lowest BCUT2D eigenvalue weighted by atomic mass is 10.1. The highest BCUT2D eigenvalue weighted by Crippen LogP contribution is 2.18. The normalized spacial score (nSPS) is 16.9. The lowest BCUT2D eigenvalue weighted by Crippen LogP contribution is -2.51. The average molecular weight is 346 g/mol. The Morgan fingerprint density at radius 3 is 2.38 bits per heavy atom. The van der Waals surface area contributed by atoms with Gasteiger partial charge in [-0.1, -0.05) is 13.8 Å². The third-order valence-electron chi connectivity index (χ3n) is 4.03. The zero-order valence-electron chi connectivity index (χ0n) is 14.4. The number of carbonyl (C=O) groups excluding carboxylic acids is 1. The van der Waals surface area contributed by atoms with Crippen LogP contribution in [0.15, 0.2) is 6.07 Å². The van der Waals surface area contributed by atoms with Crippen LogP contribution in [0.3, 0.4) is 0 Å². The highest BCUT2D eigenvalue weighted by atomic mass is 19.4. The Bertz CT molecular complexity index is 560. The summed E-state index contributed by atoms with van der Waals surface area (Å²) in [6.45, 7) is 6.87. The number of aromatic nitrogens is 2. The number of amides is 1. The maximum Gasteiger partial charge on any atom is 0.401 e. The molecule has 1 aromatic heterocycles. The van der Waals surface area contributed by atoms with E-state index in [9.17, 15) is 18.0 Å². The Balaban J connectivity index is 2.01.